The molecule has 4 amide bonds. The summed E-state index contributed by atoms with van der Waals surface area (Å²) in [6.07, 6.45) is -5.01. The highest BCUT2D eigenvalue weighted by molar-refractivity contribution is 6.12. The summed E-state index contributed by atoms with van der Waals surface area (Å²) in [6.45, 7) is 1.35. The zero-order valence-electron chi connectivity index (χ0n) is 21.9. The number of nitrogens with zero attached hydrogens (tertiary/aromatic N) is 1. The fourth-order valence-corrected chi connectivity index (χ4v) is 3.77. The maximum Gasteiger partial charge on any atom is 0.334 e. The van der Waals surface area contributed by atoms with Crippen LogP contribution in [0.3, 0.4) is 0 Å². The molecule has 1 heterocycles. The van der Waals surface area contributed by atoms with Crippen molar-refractivity contribution in [3.8, 4) is 0 Å². The van der Waals surface area contributed by atoms with Crippen molar-refractivity contribution in [2.24, 2.45) is 5.92 Å². The van der Waals surface area contributed by atoms with Crippen LogP contribution < -0.4 is 10.6 Å². The Morgan fingerprint density at radius 3 is 1.85 bits per heavy atom. The highest BCUT2D eigenvalue weighted by Crippen LogP contribution is 2.17. The summed E-state index contributed by atoms with van der Waals surface area (Å²) in [5.74, 6) is -9.36. The Balaban J connectivity index is 1.95. The largest absolute Gasteiger partial charge is 0.452 e. The van der Waals surface area contributed by atoms with Gasteiger partial charge in [0.05, 0.1) is 18.8 Å². The second kappa shape index (κ2) is 14.6. The van der Waals surface area contributed by atoms with Gasteiger partial charge in [-0.05, 0) is 6.92 Å². The van der Waals surface area contributed by atoms with Gasteiger partial charge in [0.1, 0.15) is 5.78 Å². The third kappa shape index (κ3) is 9.36. The molecule has 40 heavy (non-hydrogen) atoms. The average molecular weight is 568 g/mol. The number of hydrogen-bond donors (Lipinski definition) is 2. The molecule has 0 bridgehead atoms. The normalized spacial score (nSPS) is 16.8. The molecule has 1 aliphatic carbocycles. The smallest absolute Gasteiger partial charge is 0.334 e. The maximum atomic E-state index is 12.8. The van der Waals surface area contributed by atoms with Gasteiger partial charge in [-0.2, -0.15) is 0 Å². The first-order valence-electron chi connectivity index (χ1n) is 12.3. The fraction of sp³-hybridized carbons (Fsp3) is 0.583. The Kier molecular flexibility index (Phi) is 11.6. The predicted molar refractivity (Wildman–Crippen MR) is 126 cm³/mol. The monoisotopic (exact) mass is 567 g/mol. The first kappa shape index (κ1) is 31.7. The lowest BCUT2D eigenvalue weighted by Crippen LogP contribution is -2.49. The predicted octanol–water partition coefficient (Wildman–Crippen LogP) is -2.02. The summed E-state index contributed by atoms with van der Waals surface area (Å²) in [4.78, 5) is 124. The van der Waals surface area contributed by atoms with E-state index in [0.29, 0.717) is 5.06 Å². The molecule has 0 aromatic carbocycles. The zero-order valence-corrected chi connectivity index (χ0v) is 21.9. The van der Waals surface area contributed by atoms with Crippen molar-refractivity contribution in [2.45, 2.75) is 71.0 Å². The lowest BCUT2D eigenvalue weighted by Gasteiger charge is -2.24. The quantitative estimate of drug-likeness (QED) is 0.131. The van der Waals surface area contributed by atoms with Crippen LogP contribution >= 0.6 is 0 Å². The van der Waals surface area contributed by atoms with E-state index in [1.165, 1.54) is 0 Å². The highest BCUT2D eigenvalue weighted by atomic mass is 16.7. The van der Waals surface area contributed by atoms with Gasteiger partial charge in [0.15, 0.2) is 17.7 Å². The summed E-state index contributed by atoms with van der Waals surface area (Å²) in [6, 6.07) is 0. The number of hydroxylamine groups is 2. The van der Waals surface area contributed by atoms with E-state index >= 15 is 0 Å². The third-order valence-electron chi connectivity index (χ3n) is 5.67. The van der Waals surface area contributed by atoms with Crippen molar-refractivity contribution in [1.82, 2.24) is 15.7 Å². The van der Waals surface area contributed by atoms with Crippen LogP contribution in [0, 0.1) is 5.92 Å². The van der Waals surface area contributed by atoms with Gasteiger partial charge >= 0.3 is 17.9 Å². The van der Waals surface area contributed by atoms with E-state index in [1.807, 2.05) is 0 Å². The number of rotatable bonds is 14. The number of esters is 2. The molecular formula is C24H29N3O13. The standard InChI is InChI=1S/C24H29N3O13/c1-12(28)11-14(23(36)25-10-8-20(35)40-27-17(32)5-6-18(27)33)21(38-13(2)29)24(37)26-9-7-19(34)39-22-15(30)3-4-16(22)31/h14,21-22H,3-11H2,1-2H3,(H,25,36)(H,26,37)/t14-,21-/m1/s1. The molecule has 0 aromatic rings. The topological polar surface area (TPSA) is 226 Å². The second-order valence-electron chi connectivity index (χ2n) is 8.97. The minimum Gasteiger partial charge on any atom is -0.452 e. The molecule has 1 saturated carbocycles. The molecule has 16 nitrogen and oxygen atoms in total. The minimum atomic E-state index is -1.80. The molecule has 1 saturated heterocycles. The number of ketones is 3. The van der Waals surface area contributed by atoms with Crippen LogP contribution in [0.1, 0.15) is 58.8 Å². The van der Waals surface area contributed by atoms with E-state index in [9.17, 15) is 47.9 Å². The molecule has 2 aliphatic rings. The summed E-state index contributed by atoms with van der Waals surface area (Å²) in [7, 11) is 0. The fourth-order valence-electron chi connectivity index (χ4n) is 3.77. The van der Waals surface area contributed by atoms with Crippen LogP contribution in [0.4, 0.5) is 0 Å². The highest BCUT2D eigenvalue weighted by Gasteiger charge is 2.38. The summed E-state index contributed by atoms with van der Waals surface area (Å²) >= 11 is 0. The Labute approximate surface area is 227 Å². The van der Waals surface area contributed by atoms with E-state index < -0.39 is 96.3 Å². The molecule has 16 heteroatoms. The molecule has 0 unspecified atom stereocenters. The summed E-state index contributed by atoms with van der Waals surface area (Å²) in [5, 5.41) is 4.92. The SMILES string of the molecule is CC(=O)C[C@@H](C(=O)NCCC(=O)ON1C(=O)CCC1=O)[C@@H](OC(C)=O)C(=O)NCCC(=O)OC1C(=O)CCC1=O. The van der Waals surface area contributed by atoms with Gasteiger partial charge in [0.2, 0.25) is 12.0 Å². The lowest BCUT2D eigenvalue weighted by molar-refractivity contribution is -0.197. The van der Waals surface area contributed by atoms with Crippen molar-refractivity contribution >= 4 is 58.9 Å². The zero-order chi connectivity index (χ0) is 30.0. The van der Waals surface area contributed by atoms with E-state index in [0.717, 1.165) is 13.8 Å². The van der Waals surface area contributed by atoms with Crippen molar-refractivity contribution in [2.75, 3.05) is 13.1 Å². The van der Waals surface area contributed by atoms with Gasteiger partial charge in [-0.25, -0.2) is 4.79 Å². The van der Waals surface area contributed by atoms with Gasteiger partial charge in [0, 0.05) is 52.1 Å². The Morgan fingerprint density at radius 1 is 0.800 bits per heavy atom. The molecule has 0 radical (unpaired) electrons. The van der Waals surface area contributed by atoms with E-state index in [2.05, 4.69) is 15.5 Å². The minimum absolute atomic E-state index is 0.0316. The first-order chi connectivity index (χ1) is 18.8. The molecule has 218 valence electrons. The van der Waals surface area contributed by atoms with Crippen LogP contribution in [0.15, 0.2) is 0 Å². The molecule has 2 atom stereocenters. The van der Waals surface area contributed by atoms with Gasteiger partial charge in [0.25, 0.3) is 17.7 Å². The van der Waals surface area contributed by atoms with Crippen LogP contribution in [0.5, 0.6) is 0 Å². The average Bonchev–Trinajstić information content (AvgIpc) is 3.35. The Bertz CT molecular complexity index is 997. The van der Waals surface area contributed by atoms with E-state index in [1.54, 1.807) is 0 Å². The molecule has 2 N–H and O–H groups in total. The van der Waals surface area contributed by atoms with Crippen LogP contribution in [0.2, 0.25) is 0 Å². The third-order valence-corrected chi connectivity index (χ3v) is 5.67. The first-order valence-corrected chi connectivity index (χ1v) is 12.3. The lowest BCUT2D eigenvalue weighted by atomic mass is 9.94. The molecule has 0 aromatic heterocycles. The van der Waals surface area contributed by atoms with Crippen molar-refractivity contribution < 1.29 is 62.3 Å². The van der Waals surface area contributed by atoms with Crippen LogP contribution in [-0.2, 0) is 62.3 Å². The van der Waals surface area contributed by atoms with Crippen LogP contribution in [-0.4, -0.2) is 89.2 Å². The van der Waals surface area contributed by atoms with Crippen molar-refractivity contribution in [3.63, 3.8) is 0 Å². The number of carbonyl (C=O) groups is 10. The van der Waals surface area contributed by atoms with Crippen molar-refractivity contribution in [3.05, 3.63) is 0 Å². The summed E-state index contributed by atoms with van der Waals surface area (Å²) in [5.41, 5.74) is 0. The number of nitrogens with one attached hydrogen (secondary N) is 2. The van der Waals surface area contributed by atoms with E-state index in [-0.39, 0.29) is 38.8 Å². The number of carbonyl (C=O) groups excluding carboxylic acids is 10. The molecule has 1 aliphatic heterocycles. The molecular weight excluding hydrogens is 538 g/mol. The Hall–Kier alpha value is -4.50. The second-order valence-corrected chi connectivity index (χ2v) is 8.97. The summed E-state index contributed by atoms with van der Waals surface area (Å²) < 4.78 is 9.82. The number of Topliss-reactive ketones (excluding diaryl/α,β-unsaturated/α-hetero) is 3. The van der Waals surface area contributed by atoms with Gasteiger partial charge in [-0.1, -0.05) is 0 Å². The molecule has 0 spiro atoms. The maximum absolute atomic E-state index is 12.8. The number of amides is 4. The van der Waals surface area contributed by atoms with Crippen molar-refractivity contribution in [1.29, 1.82) is 0 Å². The molecule has 2 fully saturated rings. The van der Waals surface area contributed by atoms with Gasteiger partial charge in [-0.15, -0.1) is 5.06 Å². The van der Waals surface area contributed by atoms with Gasteiger partial charge in [-0.3, -0.25) is 38.4 Å². The number of hydrogen-bond acceptors (Lipinski definition) is 13. The molecule has 2 rings (SSSR count). The Morgan fingerprint density at radius 2 is 1.32 bits per heavy atom. The van der Waals surface area contributed by atoms with Gasteiger partial charge < -0.3 is 29.7 Å². The van der Waals surface area contributed by atoms with Crippen LogP contribution in [0.25, 0.3) is 0 Å². The number of imide groups is 1. The van der Waals surface area contributed by atoms with E-state index in [4.69, 9.17) is 9.47 Å². The number of ether oxygens (including phenoxy) is 2.